The first-order valence-corrected chi connectivity index (χ1v) is 12.1. The predicted molar refractivity (Wildman–Crippen MR) is 132 cm³/mol. The number of amides is 3. The van der Waals surface area contributed by atoms with Crippen molar-refractivity contribution in [1.29, 1.82) is 0 Å². The molecule has 2 heterocycles. The summed E-state index contributed by atoms with van der Waals surface area (Å²) in [5.41, 5.74) is 0.857. The predicted octanol–water partition coefficient (Wildman–Crippen LogP) is 2.77. The van der Waals surface area contributed by atoms with Crippen molar-refractivity contribution < 1.29 is 32.6 Å². The van der Waals surface area contributed by atoms with Crippen LogP contribution in [0.2, 0.25) is 0 Å². The van der Waals surface area contributed by atoms with Gasteiger partial charge in [-0.05, 0) is 51.7 Å². The lowest BCUT2D eigenvalue weighted by atomic mass is 10.0. The number of para-hydroxylation sites is 1. The van der Waals surface area contributed by atoms with Gasteiger partial charge in [-0.25, -0.2) is 18.4 Å². The van der Waals surface area contributed by atoms with Crippen LogP contribution >= 0.6 is 0 Å². The summed E-state index contributed by atoms with van der Waals surface area (Å²) in [4.78, 5) is 49.6. The number of ether oxygens (including phenoxy) is 2. The molecule has 3 amide bonds. The number of halogens is 2. The standard InChI is InChI=1S/C25H34F2N4O6/c1-24(2,3)37-23(35)29(4)14-25(26,27)15-36-13-7-9-16-8-6-10-17-20(16)30(5)22(34)31(17)18-11-12-19(32)28-21(18)33/h6,8,10,18H,7,9,11-15H2,1-5H3,(H,28,32,33). The Hall–Kier alpha value is -3.28. The van der Waals surface area contributed by atoms with Gasteiger partial charge in [-0.15, -0.1) is 0 Å². The maximum Gasteiger partial charge on any atom is 0.410 e. The smallest absolute Gasteiger partial charge is 0.410 e. The number of benzene rings is 1. The van der Waals surface area contributed by atoms with Crippen molar-refractivity contribution in [2.45, 2.75) is 64.0 Å². The molecule has 1 aromatic heterocycles. The SMILES string of the molecule is CN(CC(F)(F)COCCCc1cccc2c1n(C)c(=O)n2C1CCC(=O)NC1=O)C(=O)OC(C)(C)C. The van der Waals surface area contributed by atoms with Crippen LogP contribution in [0.15, 0.2) is 23.0 Å². The third-order valence-electron chi connectivity index (χ3n) is 5.93. The highest BCUT2D eigenvalue weighted by Crippen LogP contribution is 2.26. The number of hydrogen-bond donors (Lipinski definition) is 1. The van der Waals surface area contributed by atoms with Gasteiger partial charge in [0.2, 0.25) is 11.8 Å². The van der Waals surface area contributed by atoms with Crippen LogP contribution in [0.1, 0.15) is 51.6 Å². The number of rotatable bonds is 9. The lowest BCUT2D eigenvalue weighted by Gasteiger charge is -2.27. The minimum absolute atomic E-state index is 0.0456. The van der Waals surface area contributed by atoms with Gasteiger partial charge in [-0.2, -0.15) is 0 Å². The first-order chi connectivity index (χ1) is 17.2. The van der Waals surface area contributed by atoms with Crippen LogP contribution in [0, 0.1) is 0 Å². The summed E-state index contributed by atoms with van der Waals surface area (Å²) in [6, 6.07) is 4.55. The van der Waals surface area contributed by atoms with E-state index in [9.17, 15) is 28.0 Å². The summed E-state index contributed by atoms with van der Waals surface area (Å²) in [7, 11) is 2.85. The molecule has 0 radical (unpaired) electrons. The van der Waals surface area contributed by atoms with Gasteiger partial charge in [-0.1, -0.05) is 12.1 Å². The van der Waals surface area contributed by atoms with Crippen molar-refractivity contribution in [3.63, 3.8) is 0 Å². The minimum atomic E-state index is -3.26. The number of alkyl halides is 2. The number of fused-ring (bicyclic) bond motifs is 1. The van der Waals surface area contributed by atoms with E-state index in [4.69, 9.17) is 9.47 Å². The highest BCUT2D eigenvalue weighted by atomic mass is 19.3. The molecule has 37 heavy (non-hydrogen) atoms. The molecule has 1 fully saturated rings. The number of piperidine rings is 1. The Morgan fingerprint density at radius 3 is 2.57 bits per heavy atom. The second-order valence-corrected chi connectivity index (χ2v) is 10.3. The monoisotopic (exact) mass is 524 g/mol. The highest BCUT2D eigenvalue weighted by Gasteiger charge is 2.34. The van der Waals surface area contributed by atoms with Crippen LogP contribution in [0.3, 0.4) is 0 Å². The number of carbonyl (C=O) groups is 3. The Balaban J connectivity index is 1.60. The van der Waals surface area contributed by atoms with Crippen molar-refractivity contribution in [1.82, 2.24) is 19.4 Å². The second-order valence-electron chi connectivity index (χ2n) is 10.3. The maximum atomic E-state index is 14.3. The van der Waals surface area contributed by atoms with Gasteiger partial charge in [-0.3, -0.25) is 24.0 Å². The number of aromatic nitrogens is 2. The molecule has 0 saturated carbocycles. The van der Waals surface area contributed by atoms with Gasteiger partial charge in [0.05, 0.1) is 17.6 Å². The van der Waals surface area contributed by atoms with Crippen molar-refractivity contribution >= 4 is 28.9 Å². The number of carbonyl (C=O) groups excluding carboxylic acids is 3. The number of imide groups is 1. The summed E-state index contributed by atoms with van der Waals surface area (Å²) in [6.45, 7) is 3.32. The lowest BCUT2D eigenvalue weighted by molar-refractivity contribution is -0.135. The summed E-state index contributed by atoms with van der Waals surface area (Å²) in [5, 5.41) is 2.28. The molecule has 1 aromatic carbocycles. The molecule has 1 aliphatic rings. The number of hydrogen-bond acceptors (Lipinski definition) is 6. The Morgan fingerprint density at radius 2 is 1.92 bits per heavy atom. The van der Waals surface area contributed by atoms with Crippen LogP contribution in [0.4, 0.5) is 13.6 Å². The van der Waals surface area contributed by atoms with Crippen LogP contribution in [0.25, 0.3) is 11.0 Å². The lowest BCUT2D eigenvalue weighted by Crippen LogP contribution is -2.44. The van der Waals surface area contributed by atoms with Crippen LogP contribution in [0.5, 0.6) is 0 Å². The van der Waals surface area contributed by atoms with Gasteiger partial charge >= 0.3 is 11.8 Å². The van der Waals surface area contributed by atoms with E-state index < -0.39 is 42.7 Å². The molecule has 204 valence electrons. The van der Waals surface area contributed by atoms with E-state index >= 15 is 0 Å². The van der Waals surface area contributed by atoms with Gasteiger partial charge in [0.15, 0.2) is 0 Å². The Morgan fingerprint density at radius 1 is 1.22 bits per heavy atom. The number of nitrogens with zero attached hydrogens (tertiary/aromatic N) is 3. The van der Waals surface area contributed by atoms with E-state index in [0.29, 0.717) is 23.9 Å². The minimum Gasteiger partial charge on any atom is -0.444 e. The van der Waals surface area contributed by atoms with E-state index in [0.717, 1.165) is 10.5 Å². The number of aryl methyl sites for hydroxylation is 2. The number of nitrogens with one attached hydrogen (secondary N) is 1. The zero-order chi connectivity index (χ0) is 27.5. The van der Waals surface area contributed by atoms with Gasteiger partial charge in [0.1, 0.15) is 18.2 Å². The summed E-state index contributed by atoms with van der Waals surface area (Å²) in [6.07, 6.45) is 0.408. The van der Waals surface area contributed by atoms with Crippen molar-refractivity contribution in [2.75, 3.05) is 26.8 Å². The molecule has 1 N–H and O–H groups in total. The van der Waals surface area contributed by atoms with Crippen LogP contribution in [-0.4, -0.2) is 70.3 Å². The molecule has 0 spiro atoms. The molecule has 1 unspecified atom stereocenters. The third kappa shape index (κ3) is 6.94. The molecule has 10 nitrogen and oxygen atoms in total. The first-order valence-electron chi connectivity index (χ1n) is 12.1. The Bertz CT molecular complexity index is 1230. The van der Waals surface area contributed by atoms with E-state index in [1.165, 1.54) is 16.2 Å². The fourth-order valence-electron chi connectivity index (χ4n) is 4.33. The van der Waals surface area contributed by atoms with Crippen molar-refractivity contribution in [3.05, 3.63) is 34.2 Å². The van der Waals surface area contributed by atoms with Gasteiger partial charge in [0.25, 0.3) is 5.92 Å². The average Bonchev–Trinajstić information content (AvgIpc) is 3.03. The van der Waals surface area contributed by atoms with Gasteiger partial charge < -0.3 is 14.4 Å². The van der Waals surface area contributed by atoms with Crippen molar-refractivity contribution in [3.8, 4) is 0 Å². The molecular weight excluding hydrogens is 490 g/mol. The van der Waals surface area contributed by atoms with E-state index in [1.807, 2.05) is 6.07 Å². The molecule has 2 aromatic rings. The zero-order valence-corrected chi connectivity index (χ0v) is 21.8. The highest BCUT2D eigenvalue weighted by molar-refractivity contribution is 6.00. The molecule has 12 heteroatoms. The molecule has 3 rings (SSSR count). The second kappa shape index (κ2) is 11.0. The van der Waals surface area contributed by atoms with E-state index in [-0.39, 0.29) is 31.0 Å². The molecular formula is C25H34F2N4O6. The third-order valence-corrected chi connectivity index (χ3v) is 5.93. The van der Waals surface area contributed by atoms with E-state index in [1.54, 1.807) is 40.0 Å². The van der Waals surface area contributed by atoms with Crippen LogP contribution < -0.4 is 11.0 Å². The van der Waals surface area contributed by atoms with E-state index in [2.05, 4.69) is 5.32 Å². The quantitative estimate of drug-likeness (QED) is 0.399. The first kappa shape index (κ1) is 28.3. The van der Waals surface area contributed by atoms with Crippen LogP contribution in [-0.2, 0) is 32.5 Å². The largest absolute Gasteiger partial charge is 0.444 e. The summed E-state index contributed by atoms with van der Waals surface area (Å²) in [5.74, 6) is -4.13. The summed E-state index contributed by atoms with van der Waals surface area (Å²) < 4.78 is 41.7. The molecule has 0 bridgehead atoms. The topological polar surface area (TPSA) is 112 Å². The van der Waals surface area contributed by atoms with Gasteiger partial charge in [0, 0.05) is 27.1 Å². The van der Waals surface area contributed by atoms with Crippen molar-refractivity contribution in [2.24, 2.45) is 7.05 Å². The average molecular weight is 525 g/mol. The zero-order valence-electron chi connectivity index (χ0n) is 21.8. The normalized spacial score (nSPS) is 16.7. The fraction of sp³-hybridized carbons (Fsp3) is 0.600. The fourth-order valence-corrected chi connectivity index (χ4v) is 4.33. The Labute approximate surface area is 213 Å². The molecule has 1 saturated heterocycles. The summed E-state index contributed by atoms with van der Waals surface area (Å²) >= 11 is 0. The maximum absolute atomic E-state index is 14.3. The Kier molecular flexibility index (Phi) is 8.41. The molecule has 0 aliphatic carbocycles. The molecule has 1 atom stereocenters. The number of imidazole rings is 1. The molecule has 1 aliphatic heterocycles.